The SMILES string of the molecule is C[C@@H]1CNc2c(sc3ccc4nc(-c5cc(Cl)ncn5)ccc4c23)C(=O)N1. The number of thiophene rings is 1. The van der Waals surface area contributed by atoms with Gasteiger partial charge >= 0.3 is 0 Å². The number of nitrogens with zero attached hydrogens (tertiary/aromatic N) is 3. The molecule has 27 heavy (non-hydrogen) atoms. The molecule has 0 bridgehead atoms. The van der Waals surface area contributed by atoms with Crippen molar-refractivity contribution in [3.8, 4) is 11.4 Å². The Morgan fingerprint density at radius 2 is 2.07 bits per heavy atom. The zero-order chi connectivity index (χ0) is 18.5. The number of pyridine rings is 1. The summed E-state index contributed by atoms with van der Waals surface area (Å²) in [7, 11) is 0. The summed E-state index contributed by atoms with van der Waals surface area (Å²) in [4.78, 5) is 26.1. The van der Waals surface area contributed by atoms with E-state index in [-0.39, 0.29) is 11.9 Å². The first-order chi connectivity index (χ1) is 13.1. The van der Waals surface area contributed by atoms with Crippen molar-refractivity contribution in [1.29, 1.82) is 0 Å². The predicted molar refractivity (Wildman–Crippen MR) is 109 cm³/mol. The Hall–Kier alpha value is -2.77. The molecule has 5 rings (SSSR count). The number of rotatable bonds is 1. The topological polar surface area (TPSA) is 79.8 Å². The molecule has 1 amide bonds. The molecule has 8 heteroatoms. The van der Waals surface area contributed by atoms with Crippen LogP contribution in [0.15, 0.2) is 36.7 Å². The Labute approximate surface area is 163 Å². The minimum absolute atomic E-state index is 0.0305. The minimum Gasteiger partial charge on any atom is -0.381 e. The van der Waals surface area contributed by atoms with Crippen LogP contribution >= 0.6 is 22.9 Å². The van der Waals surface area contributed by atoms with Gasteiger partial charge in [-0.05, 0) is 31.2 Å². The summed E-state index contributed by atoms with van der Waals surface area (Å²) in [6.07, 6.45) is 1.43. The average molecular weight is 396 g/mol. The van der Waals surface area contributed by atoms with Crippen LogP contribution in [0.4, 0.5) is 5.69 Å². The maximum atomic E-state index is 12.5. The maximum Gasteiger partial charge on any atom is 0.263 e. The van der Waals surface area contributed by atoms with E-state index in [0.717, 1.165) is 32.4 Å². The lowest BCUT2D eigenvalue weighted by atomic mass is 10.1. The highest BCUT2D eigenvalue weighted by Crippen LogP contribution is 2.41. The summed E-state index contributed by atoms with van der Waals surface area (Å²) in [5.74, 6) is -0.0305. The van der Waals surface area contributed by atoms with Gasteiger partial charge in [-0.15, -0.1) is 11.3 Å². The van der Waals surface area contributed by atoms with Gasteiger partial charge in [0, 0.05) is 34.1 Å². The maximum absolute atomic E-state index is 12.5. The molecule has 0 saturated carbocycles. The molecule has 1 aliphatic heterocycles. The second kappa shape index (κ2) is 6.14. The Kier molecular flexibility index (Phi) is 3.73. The highest BCUT2D eigenvalue weighted by atomic mass is 35.5. The number of carbonyl (C=O) groups is 1. The second-order valence-electron chi connectivity index (χ2n) is 6.49. The molecule has 6 nitrogen and oxygen atoms in total. The first-order valence-corrected chi connectivity index (χ1v) is 9.68. The van der Waals surface area contributed by atoms with Gasteiger partial charge in [-0.25, -0.2) is 15.0 Å². The molecule has 0 fully saturated rings. The number of amides is 1. The van der Waals surface area contributed by atoms with Crippen molar-refractivity contribution in [1.82, 2.24) is 20.3 Å². The Balaban J connectivity index is 1.73. The van der Waals surface area contributed by atoms with Crippen molar-refractivity contribution in [2.24, 2.45) is 0 Å². The van der Waals surface area contributed by atoms with Crippen LogP contribution in [0, 0.1) is 0 Å². The molecule has 3 aromatic heterocycles. The van der Waals surface area contributed by atoms with E-state index in [0.29, 0.717) is 22.3 Å². The van der Waals surface area contributed by atoms with Crippen molar-refractivity contribution < 1.29 is 4.79 Å². The number of halogens is 1. The van der Waals surface area contributed by atoms with Crippen LogP contribution in [-0.4, -0.2) is 33.4 Å². The number of carbonyl (C=O) groups excluding carboxylic acids is 1. The van der Waals surface area contributed by atoms with E-state index < -0.39 is 0 Å². The van der Waals surface area contributed by atoms with Crippen molar-refractivity contribution in [3.63, 3.8) is 0 Å². The van der Waals surface area contributed by atoms with Crippen molar-refractivity contribution in [3.05, 3.63) is 46.7 Å². The van der Waals surface area contributed by atoms with Crippen LogP contribution in [-0.2, 0) is 0 Å². The van der Waals surface area contributed by atoms with Gasteiger partial charge in [-0.3, -0.25) is 4.79 Å². The molecule has 1 aliphatic rings. The Morgan fingerprint density at radius 3 is 2.93 bits per heavy atom. The van der Waals surface area contributed by atoms with Gasteiger partial charge < -0.3 is 10.6 Å². The molecular weight excluding hydrogens is 382 g/mol. The van der Waals surface area contributed by atoms with Gasteiger partial charge in [0.05, 0.1) is 22.6 Å². The quantitative estimate of drug-likeness (QED) is 0.474. The monoisotopic (exact) mass is 395 g/mol. The van der Waals surface area contributed by atoms with E-state index in [1.165, 1.54) is 17.7 Å². The Morgan fingerprint density at radius 1 is 1.19 bits per heavy atom. The van der Waals surface area contributed by atoms with E-state index >= 15 is 0 Å². The lowest BCUT2D eigenvalue weighted by molar-refractivity contribution is 0.0949. The minimum atomic E-state index is -0.0305. The summed E-state index contributed by atoms with van der Waals surface area (Å²) in [5.41, 5.74) is 3.14. The number of hydrogen-bond donors (Lipinski definition) is 2. The van der Waals surface area contributed by atoms with Crippen LogP contribution in [0.5, 0.6) is 0 Å². The number of fused-ring (bicyclic) bond motifs is 5. The zero-order valence-electron chi connectivity index (χ0n) is 14.3. The van der Waals surface area contributed by atoms with Gasteiger partial charge in [0.1, 0.15) is 16.4 Å². The first kappa shape index (κ1) is 16.4. The van der Waals surface area contributed by atoms with Crippen molar-refractivity contribution >= 4 is 55.5 Å². The number of anilines is 1. The smallest absolute Gasteiger partial charge is 0.263 e. The van der Waals surface area contributed by atoms with Crippen LogP contribution < -0.4 is 10.6 Å². The summed E-state index contributed by atoms with van der Waals surface area (Å²) in [6, 6.07) is 9.70. The fourth-order valence-corrected chi connectivity index (χ4v) is 4.59. The van der Waals surface area contributed by atoms with Crippen LogP contribution in [0.1, 0.15) is 16.6 Å². The van der Waals surface area contributed by atoms with Gasteiger partial charge in [0.25, 0.3) is 5.91 Å². The number of benzene rings is 1. The third-order valence-corrected chi connectivity index (χ3v) is 5.95. The molecule has 0 unspecified atom stereocenters. The molecule has 2 N–H and O–H groups in total. The van der Waals surface area contributed by atoms with Gasteiger partial charge in [0.2, 0.25) is 0 Å². The molecule has 0 spiro atoms. The summed E-state index contributed by atoms with van der Waals surface area (Å²) >= 11 is 7.47. The standard InChI is InChI=1S/C19H14ClN5OS/c1-9-7-21-17-16-10-2-3-12(13-6-15(20)23-8-22-13)25-11(10)4-5-14(16)27-18(17)19(26)24-9/h2-6,8-9,21H,7H2,1H3,(H,24,26)/t9-/m1/s1. The first-order valence-electron chi connectivity index (χ1n) is 8.49. The average Bonchev–Trinajstić information content (AvgIpc) is 2.98. The third kappa shape index (κ3) is 2.70. The molecule has 0 aliphatic carbocycles. The van der Waals surface area contributed by atoms with Crippen molar-refractivity contribution in [2.45, 2.75) is 13.0 Å². The predicted octanol–water partition coefficient (Wildman–Crippen LogP) is 4.10. The number of aromatic nitrogens is 3. The van der Waals surface area contributed by atoms with Crippen LogP contribution in [0.2, 0.25) is 5.15 Å². The number of nitrogens with one attached hydrogen (secondary N) is 2. The van der Waals surface area contributed by atoms with Gasteiger partial charge in [-0.1, -0.05) is 11.6 Å². The fourth-order valence-electron chi connectivity index (χ4n) is 3.34. The van der Waals surface area contributed by atoms with Gasteiger partial charge in [-0.2, -0.15) is 0 Å². The van der Waals surface area contributed by atoms with E-state index in [4.69, 9.17) is 16.6 Å². The highest BCUT2D eigenvalue weighted by molar-refractivity contribution is 7.21. The van der Waals surface area contributed by atoms with Crippen LogP contribution in [0.3, 0.4) is 0 Å². The van der Waals surface area contributed by atoms with E-state index in [2.05, 4.69) is 20.6 Å². The molecule has 1 aromatic carbocycles. The normalized spacial score (nSPS) is 16.7. The fraction of sp³-hybridized carbons (Fsp3) is 0.158. The number of hydrogen-bond acceptors (Lipinski definition) is 6. The summed E-state index contributed by atoms with van der Waals surface area (Å²) < 4.78 is 1.06. The highest BCUT2D eigenvalue weighted by Gasteiger charge is 2.24. The van der Waals surface area contributed by atoms with Crippen LogP contribution in [0.25, 0.3) is 32.4 Å². The largest absolute Gasteiger partial charge is 0.381 e. The van der Waals surface area contributed by atoms with Crippen molar-refractivity contribution in [2.75, 3.05) is 11.9 Å². The molecule has 0 radical (unpaired) electrons. The van der Waals surface area contributed by atoms with E-state index in [1.54, 1.807) is 6.07 Å². The molecule has 1 atom stereocenters. The van der Waals surface area contributed by atoms with Gasteiger partial charge in [0.15, 0.2) is 0 Å². The summed E-state index contributed by atoms with van der Waals surface area (Å²) in [6.45, 7) is 2.67. The Bertz CT molecular complexity index is 1220. The second-order valence-corrected chi connectivity index (χ2v) is 7.93. The molecule has 0 saturated heterocycles. The molecule has 4 aromatic rings. The zero-order valence-corrected chi connectivity index (χ0v) is 15.9. The molecule has 134 valence electrons. The third-order valence-electron chi connectivity index (χ3n) is 4.59. The lowest BCUT2D eigenvalue weighted by Crippen LogP contribution is -2.34. The van der Waals surface area contributed by atoms with E-state index in [9.17, 15) is 4.79 Å². The molecular formula is C19H14ClN5OS. The molecule has 4 heterocycles. The van der Waals surface area contributed by atoms with E-state index in [1.807, 2.05) is 31.2 Å². The summed E-state index contributed by atoms with van der Waals surface area (Å²) in [5, 5.41) is 8.87. The lowest BCUT2D eigenvalue weighted by Gasteiger charge is -2.10.